The Morgan fingerprint density at radius 3 is 2.34 bits per heavy atom. The van der Waals surface area contributed by atoms with Crippen LogP contribution in [0.5, 0.6) is 0 Å². The van der Waals surface area contributed by atoms with Crippen molar-refractivity contribution in [2.24, 2.45) is 0 Å². The molecule has 7 rings (SSSR count). The van der Waals surface area contributed by atoms with E-state index in [-0.39, 0.29) is 36.6 Å². The molecule has 10 heteroatoms. The Morgan fingerprint density at radius 2 is 1.57 bits per heavy atom. The van der Waals surface area contributed by atoms with Gasteiger partial charge in [-0.3, -0.25) is 19.3 Å². The fourth-order valence-electron chi connectivity index (χ4n) is 7.04. The number of rotatable bonds is 9. The number of hydrogen-bond acceptors (Lipinski definition) is 5. The molecule has 2 aliphatic rings. The third kappa shape index (κ3) is 6.06. The summed E-state index contributed by atoms with van der Waals surface area (Å²) in [5, 5.41) is 14.3. The van der Waals surface area contributed by atoms with Gasteiger partial charge >= 0.3 is 6.09 Å². The van der Waals surface area contributed by atoms with Crippen LogP contribution < -0.4 is 5.32 Å². The number of hydrogen-bond donors (Lipinski definition) is 2. The fraction of sp³-hybridized carbons (Fsp3) is 0.270. The van der Waals surface area contributed by atoms with Crippen LogP contribution in [0, 0.1) is 0 Å². The molecule has 1 fully saturated rings. The molecular formula is C37H35N5O5. The van der Waals surface area contributed by atoms with Crippen molar-refractivity contribution < 1.29 is 24.3 Å². The van der Waals surface area contributed by atoms with Gasteiger partial charge in [-0.2, -0.15) is 0 Å². The molecule has 10 nitrogen and oxygen atoms in total. The van der Waals surface area contributed by atoms with Crippen LogP contribution in [0.2, 0.25) is 0 Å². The highest BCUT2D eigenvalue weighted by atomic mass is 16.4. The normalized spacial score (nSPS) is 16.9. The molecule has 3 heterocycles. The van der Waals surface area contributed by atoms with Crippen molar-refractivity contribution in [1.82, 2.24) is 24.7 Å². The van der Waals surface area contributed by atoms with Crippen LogP contribution >= 0.6 is 0 Å². The van der Waals surface area contributed by atoms with Crippen LogP contribution in [0.25, 0.3) is 21.8 Å². The van der Waals surface area contributed by atoms with Crippen molar-refractivity contribution in [3.63, 3.8) is 0 Å². The maximum Gasteiger partial charge on any atom is 0.404 e. The number of carbonyl (C=O) groups excluding carboxylic acids is 3. The van der Waals surface area contributed by atoms with E-state index in [1.54, 1.807) is 24.3 Å². The van der Waals surface area contributed by atoms with Crippen LogP contribution in [-0.4, -0.2) is 73.9 Å². The van der Waals surface area contributed by atoms with Gasteiger partial charge in [-0.05, 0) is 59.9 Å². The summed E-state index contributed by atoms with van der Waals surface area (Å²) in [5.41, 5.74) is 3.52. The molecule has 4 amide bonds. The Bertz CT molecular complexity index is 1980. The number of piperidine rings is 1. The smallest absolute Gasteiger partial charge is 0.404 e. The standard InChI is InChI=1S/C37H35N5O5/c43-33(22-28(38-37(46)47)21-24-15-16-25-8-1-2-9-26(25)20-24)40-17-7-10-27(23-40)34-39-31-13-5-6-14-32(31)41(34)18-19-42-35(44)29-11-3-4-12-30(29)36(42)45/h1-6,8-9,11-16,20,27-28,38H,7,10,17-19,21-23H2,(H,46,47)/t27-,28-/m1/s1. The maximum atomic E-state index is 13.7. The van der Waals surface area contributed by atoms with E-state index >= 15 is 0 Å². The van der Waals surface area contributed by atoms with E-state index in [1.807, 2.05) is 71.6 Å². The molecule has 2 N–H and O–H groups in total. The molecule has 2 atom stereocenters. The Kier molecular flexibility index (Phi) is 8.15. The van der Waals surface area contributed by atoms with Gasteiger partial charge in [0.25, 0.3) is 11.8 Å². The van der Waals surface area contributed by atoms with E-state index in [2.05, 4.69) is 9.88 Å². The summed E-state index contributed by atoms with van der Waals surface area (Å²) >= 11 is 0. The quantitative estimate of drug-likeness (QED) is 0.209. The highest BCUT2D eigenvalue weighted by Crippen LogP contribution is 2.31. The summed E-state index contributed by atoms with van der Waals surface area (Å²) in [4.78, 5) is 59.6. The monoisotopic (exact) mass is 629 g/mol. The zero-order valence-corrected chi connectivity index (χ0v) is 25.8. The van der Waals surface area contributed by atoms with Crippen molar-refractivity contribution in [3.05, 3.63) is 114 Å². The number of imide groups is 1. The van der Waals surface area contributed by atoms with E-state index in [4.69, 9.17) is 4.98 Å². The van der Waals surface area contributed by atoms with E-state index in [1.165, 1.54) is 4.90 Å². The van der Waals surface area contributed by atoms with Crippen LogP contribution in [0.15, 0.2) is 91.0 Å². The highest BCUT2D eigenvalue weighted by Gasteiger charge is 2.35. The van der Waals surface area contributed by atoms with Crippen LogP contribution in [0.3, 0.4) is 0 Å². The molecule has 4 aromatic carbocycles. The van der Waals surface area contributed by atoms with Crippen molar-refractivity contribution in [1.29, 1.82) is 0 Å². The third-order valence-corrected chi connectivity index (χ3v) is 9.29. The van der Waals surface area contributed by atoms with Gasteiger partial charge in [-0.15, -0.1) is 0 Å². The van der Waals surface area contributed by atoms with Crippen LogP contribution in [-0.2, 0) is 17.8 Å². The number of likely N-dealkylation sites (tertiary alicyclic amines) is 1. The lowest BCUT2D eigenvalue weighted by molar-refractivity contribution is -0.132. The summed E-state index contributed by atoms with van der Waals surface area (Å²) in [5.74, 6) is 0.0618. The minimum absolute atomic E-state index is 0.0437. The van der Waals surface area contributed by atoms with Gasteiger partial charge in [0.15, 0.2) is 0 Å². The average Bonchev–Trinajstić information content (AvgIpc) is 3.57. The van der Waals surface area contributed by atoms with Crippen molar-refractivity contribution in [2.45, 2.75) is 44.2 Å². The van der Waals surface area contributed by atoms with Crippen molar-refractivity contribution in [2.75, 3.05) is 19.6 Å². The van der Waals surface area contributed by atoms with Gasteiger partial charge < -0.3 is 19.9 Å². The Hall–Kier alpha value is -5.51. The number of imidazole rings is 1. The van der Waals surface area contributed by atoms with Gasteiger partial charge in [0.05, 0.1) is 22.2 Å². The molecule has 47 heavy (non-hydrogen) atoms. The number of nitrogens with zero attached hydrogens (tertiary/aromatic N) is 4. The summed E-state index contributed by atoms with van der Waals surface area (Å²) < 4.78 is 2.08. The molecular weight excluding hydrogens is 594 g/mol. The number of benzene rings is 4. The second-order valence-electron chi connectivity index (χ2n) is 12.3. The van der Waals surface area contributed by atoms with E-state index in [9.17, 15) is 24.3 Å². The van der Waals surface area contributed by atoms with Gasteiger partial charge in [-0.25, -0.2) is 9.78 Å². The molecule has 0 spiro atoms. The van der Waals surface area contributed by atoms with Crippen LogP contribution in [0.1, 0.15) is 57.3 Å². The van der Waals surface area contributed by atoms with Gasteiger partial charge in [-0.1, -0.05) is 66.7 Å². The van der Waals surface area contributed by atoms with Crippen molar-refractivity contribution >= 4 is 45.6 Å². The number of carbonyl (C=O) groups is 4. The SMILES string of the molecule is O=C(O)N[C@@H](CC(=O)N1CCC[C@@H](c2nc3ccccc3n2CCN2C(=O)c3ccccc3C2=O)C1)Cc1ccc2ccccc2c1. The summed E-state index contributed by atoms with van der Waals surface area (Å²) in [7, 11) is 0. The fourth-order valence-corrected chi connectivity index (χ4v) is 7.04. The first-order valence-corrected chi connectivity index (χ1v) is 16.0. The summed E-state index contributed by atoms with van der Waals surface area (Å²) in [6.07, 6.45) is 0.885. The number of aromatic nitrogens is 2. The van der Waals surface area contributed by atoms with E-state index in [0.717, 1.165) is 46.0 Å². The minimum atomic E-state index is -1.16. The molecule has 0 radical (unpaired) electrons. The molecule has 238 valence electrons. The second-order valence-corrected chi connectivity index (χ2v) is 12.3. The van der Waals surface area contributed by atoms with Crippen molar-refractivity contribution in [3.8, 4) is 0 Å². The minimum Gasteiger partial charge on any atom is -0.465 e. The Balaban J connectivity index is 1.08. The van der Waals surface area contributed by atoms with E-state index in [0.29, 0.717) is 37.2 Å². The number of fused-ring (bicyclic) bond motifs is 3. The lowest BCUT2D eigenvalue weighted by Crippen LogP contribution is -2.44. The molecule has 1 saturated heterocycles. The molecule has 0 saturated carbocycles. The summed E-state index contributed by atoms with van der Waals surface area (Å²) in [6, 6.07) is 28.1. The zero-order chi connectivity index (χ0) is 32.5. The van der Waals surface area contributed by atoms with E-state index < -0.39 is 12.1 Å². The third-order valence-electron chi connectivity index (χ3n) is 9.29. The average molecular weight is 630 g/mol. The number of nitrogens with one attached hydrogen (secondary N) is 1. The van der Waals surface area contributed by atoms with Crippen LogP contribution in [0.4, 0.5) is 4.79 Å². The molecule has 5 aromatic rings. The topological polar surface area (TPSA) is 125 Å². The van der Waals surface area contributed by atoms with Gasteiger partial charge in [0, 0.05) is 44.6 Å². The maximum absolute atomic E-state index is 13.7. The Labute approximate surface area is 271 Å². The van der Waals surface area contributed by atoms with Gasteiger partial charge in [0.1, 0.15) is 5.82 Å². The second kappa shape index (κ2) is 12.7. The number of amides is 4. The lowest BCUT2D eigenvalue weighted by Gasteiger charge is -2.34. The first-order chi connectivity index (χ1) is 22.9. The first-order valence-electron chi connectivity index (χ1n) is 16.0. The molecule has 2 aliphatic heterocycles. The zero-order valence-electron chi connectivity index (χ0n) is 25.8. The molecule has 0 unspecified atom stereocenters. The predicted molar refractivity (Wildman–Crippen MR) is 177 cm³/mol. The lowest BCUT2D eigenvalue weighted by atomic mass is 9.95. The number of carboxylic acid groups (broad SMARTS) is 1. The molecule has 0 aliphatic carbocycles. The van der Waals surface area contributed by atoms with Gasteiger partial charge in [0.2, 0.25) is 5.91 Å². The Morgan fingerprint density at radius 1 is 0.872 bits per heavy atom. The summed E-state index contributed by atoms with van der Waals surface area (Å²) in [6.45, 7) is 1.61. The molecule has 0 bridgehead atoms. The highest BCUT2D eigenvalue weighted by molar-refractivity contribution is 6.21. The number of para-hydroxylation sites is 2. The first kappa shape index (κ1) is 30.2. The predicted octanol–water partition coefficient (Wildman–Crippen LogP) is 5.46. The largest absolute Gasteiger partial charge is 0.465 e. The molecule has 1 aromatic heterocycles.